The van der Waals surface area contributed by atoms with Crippen LogP contribution in [0, 0.1) is 11.8 Å². The molecular weight excluding hydrogens is 222 g/mol. The van der Waals surface area contributed by atoms with Crippen molar-refractivity contribution < 1.29 is 5.11 Å². The molecule has 2 saturated carbocycles. The number of rotatable bonds is 4. The van der Waals surface area contributed by atoms with Crippen LogP contribution < -0.4 is 0 Å². The Morgan fingerprint density at radius 2 is 1.78 bits per heavy atom. The van der Waals surface area contributed by atoms with Gasteiger partial charge in [0.15, 0.2) is 0 Å². The molecule has 3 atom stereocenters. The molecule has 0 bridgehead atoms. The van der Waals surface area contributed by atoms with E-state index in [4.69, 9.17) is 0 Å². The van der Waals surface area contributed by atoms with Crippen LogP contribution in [0.4, 0.5) is 0 Å². The summed E-state index contributed by atoms with van der Waals surface area (Å²) < 4.78 is 0. The standard InChI is InChI=1S/C16H31NO/c1-4-17(14-7-5-6-8-14)15-11-13(12(2)3)9-10-16(15)18/h12-16,18H,4-11H2,1-3H3. The second kappa shape index (κ2) is 6.38. The number of likely N-dealkylation sites (N-methyl/N-ethyl adjacent to an activating group) is 1. The third-order valence-electron chi connectivity index (χ3n) is 5.35. The van der Waals surface area contributed by atoms with Crippen LogP contribution in [0.5, 0.6) is 0 Å². The SMILES string of the molecule is CCN(C1CCCC1)C1CC(C(C)C)CCC1O. The zero-order chi connectivity index (χ0) is 13.1. The third kappa shape index (κ3) is 3.08. The fourth-order valence-electron chi connectivity index (χ4n) is 4.12. The van der Waals surface area contributed by atoms with Crippen molar-refractivity contribution in [3.05, 3.63) is 0 Å². The van der Waals surface area contributed by atoms with Gasteiger partial charge in [0.05, 0.1) is 6.10 Å². The van der Waals surface area contributed by atoms with Crippen LogP contribution >= 0.6 is 0 Å². The summed E-state index contributed by atoms with van der Waals surface area (Å²) in [5.41, 5.74) is 0. The van der Waals surface area contributed by atoms with Gasteiger partial charge in [-0.15, -0.1) is 0 Å². The largest absolute Gasteiger partial charge is 0.391 e. The van der Waals surface area contributed by atoms with Crippen LogP contribution in [-0.4, -0.2) is 34.7 Å². The molecule has 0 heterocycles. The lowest BCUT2D eigenvalue weighted by Crippen LogP contribution is -2.51. The van der Waals surface area contributed by atoms with E-state index in [1.807, 2.05) is 0 Å². The number of hydrogen-bond donors (Lipinski definition) is 1. The summed E-state index contributed by atoms with van der Waals surface area (Å²) in [6, 6.07) is 1.18. The second-order valence-electron chi connectivity index (χ2n) is 6.72. The number of aliphatic hydroxyl groups excluding tert-OH is 1. The van der Waals surface area contributed by atoms with Gasteiger partial charge in [0.25, 0.3) is 0 Å². The predicted octanol–water partition coefficient (Wildman–Crippen LogP) is 3.44. The maximum absolute atomic E-state index is 10.4. The second-order valence-corrected chi connectivity index (χ2v) is 6.72. The fourth-order valence-corrected chi connectivity index (χ4v) is 4.12. The molecule has 2 aliphatic rings. The van der Waals surface area contributed by atoms with Crippen molar-refractivity contribution in [2.45, 2.75) is 83.9 Å². The Hall–Kier alpha value is -0.0800. The van der Waals surface area contributed by atoms with E-state index < -0.39 is 0 Å². The van der Waals surface area contributed by atoms with Gasteiger partial charge < -0.3 is 5.11 Å². The topological polar surface area (TPSA) is 23.5 Å². The fraction of sp³-hybridized carbons (Fsp3) is 1.00. The van der Waals surface area contributed by atoms with Gasteiger partial charge in [-0.1, -0.05) is 33.6 Å². The van der Waals surface area contributed by atoms with Gasteiger partial charge in [0.2, 0.25) is 0 Å². The van der Waals surface area contributed by atoms with E-state index in [2.05, 4.69) is 25.7 Å². The molecule has 2 nitrogen and oxygen atoms in total. The van der Waals surface area contributed by atoms with Gasteiger partial charge in [-0.25, -0.2) is 0 Å². The highest BCUT2D eigenvalue weighted by atomic mass is 16.3. The highest BCUT2D eigenvalue weighted by molar-refractivity contribution is 4.91. The van der Waals surface area contributed by atoms with E-state index in [9.17, 15) is 5.11 Å². The Kier molecular flexibility index (Phi) is 5.08. The lowest BCUT2D eigenvalue weighted by Gasteiger charge is -2.44. The first-order chi connectivity index (χ1) is 8.63. The Bertz CT molecular complexity index is 247. The number of hydrogen-bond acceptors (Lipinski definition) is 2. The van der Waals surface area contributed by atoms with Crippen LogP contribution in [0.3, 0.4) is 0 Å². The molecule has 2 fully saturated rings. The zero-order valence-electron chi connectivity index (χ0n) is 12.4. The summed E-state index contributed by atoms with van der Waals surface area (Å²) in [6.07, 6.45) is 8.83. The highest BCUT2D eigenvalue weighted by Gasteiger charge is 2.37. The summed E-state index contributed by atoms with van der Waals surface area (Å²) in [5.74, 6) is 1.58. The summed E-state index contributed by atoms with van der Waals surface area (Å²) in [7, 11) is 0. The molecule has 0 aromatic carbocycles. The first-order valence-electron chi connectivity index (χ1n) is 8.07. The molecule has 0 saturated heterocycles. The minimum absolute atomic E-state index is 0.0828. The number of aliphatic hydroxyl groups is 1. The van der Waals surface area contributed by atoms with E-state index >= 15 is 0 Å². The van der Waals surface area contributed by atoms with Crippen LogP contribution in [0.25, 0.3) is 0 Å². The lowest BCUT2D eigenvalue weighted by atomic mass is 9.77. The van der Waals surface area contributed by atoms with Gasteiger partial charge >= 0.3 is 0 Å². The van der Waals surface area contributed by atoms with Gasteiger partial charge in [-0.2, -0.15) is 0 Å². The van der Waals surface area contributed by atoms with E-state index in [1.165, 1.54) is 38.5 Å². The van der Waals surface area contributed by atoms with Crippen LogP contribution in [0.1, 0.15) is 65.7 Å². The maximum Gasteiger partial charge on any atom is 0.0695 e. The number of nitrogens with zero attached hydrogens (tertiary/aromatic N) is 1. The molecule has 0 radical (unpaired) electrons. The van der Waals surface area contributed by atoms with Gasteiger partial charge in [-0.3, -0.25) is 4.90 Å². The average molecular weight is 253 g/mol. The molecule has 1 N–H and O–H groups in total. The lowest BCUT2D eigenvalue weighted by molar-refractivity contribution is -0.0197. The molecular formula is C16H31NO. The summed E-state index contributed by atoms with van der Waals surface area (Å²) in [5, 5.41) is 10.4. The van der Waals surface area contributed by atoms with E-state index in [1.54, 1.807) is 0 Å². The van der Waals surface area contributed by atoms with Gasteiger partial charge in [0, 0.05) is 12.1 Å². The molecule has 2 heteroatoms. The van der Waals surface area contributed by atoms with Crippen LogP contribution in [0.15, 0.2) is 0 Å². The molecule has 0 amide bonds. The Morgan fingerprint density at radius 1 is 1.11 bits per heavy atom. The molecule has 18 heavy (non-hydrogen) atoms. The molecule has 0 aliphatic heterocycles. The molecule has 2 aliphatic carbocycles. The van der Waals surface area contributed by atoms with E-state index in [0.29, 0.717) is 6.04 Å². The average Bonchev–Trinajstić information content (AvgIpc) is 2.86. The van der Waals surface area contributed by atoms with Gasteiger partial charge in [0.1, 0.15) is 0 Å². The van der Waals surface area contributed by atoms with Gasteiger partial charge in [-0.05, 0) is 50.5 Å². The minimum Gasteiger partial charge on any atom is -0.391 e. The van der Waals surface area contributed by atoms with Crippen LogP contribution in [0.2, 0.25) is 0 Å². The van der Waals surface area contributed by atoms with Crippen LogP contribution in [-0.2, 0) is 0 Å². The normalized spacial score (nSPS) is 34.7. The smallest absolute Gasteiger partial charge is 0.0695 e. The maximum atomic E-state index is 10.4. The van der Waals surface area contributed by atoms with Crippen molar-refractivity contribution in [3.63, 3.8) is 0 Å². The van der Waals surface area contributed by atoms with Crippen molar-refractivity contribution in [2.75, 3.05) is 6.54 Å². The molecule has 3 unspecified atom stereocenters. The first kappa shape index (κ1) is 14.3. The molecule has 0 aromatic rings. The van der Waals surface area contributed by atoms with E-state index in [0.717, 1.165) is 30.8 Å². The van der Waals surface area contributed by atoms with Crippen molar-refractivity contribution in [3.8, 4) is 0 Å². The third-order valence-corrected chi connectivity index (χ3v) is 5.35. The zero-order valence-corrected chi connectivity index (χ0v) is 12.4. The minimum atomic E-state index is -0.0828. The predicted molar refractivity (Wildman–Crippen MR) is 76.6 cm³/mol. The highest BCUT2D eigenvalue weighted by Crippen LogP contribution is 2.35. The summed E-state index contributed by atoms with van der Waals surface area (Å²) >= 11 is 0. The summed E-state index contributed by atoms with van der Waals surface area (Å²) in [4.78, 5) is 2.63. The Morgan fingerprint density at radius 3 is 2.33 bits per heavy atom. The summed E-state index contributed by atoms with van der Waals surface area (Å²) in [6.45, 7) is 8.05. The molecule has 0 aromatic heterocycles. The van der Waals surface area contributed by atoms with Crippen molar-refractivity contribution >= 4 is 0 Å². The van der Waals surface area contributed by atoms with Crippen molar-refractivity contribution in [1.82, 2.24) is 4.90 Å². The molecule has 106 valence electrons. The molecule has 2 rings (SSSR count). The van der Waals surface area contributed by atoms with E-state index in [-0.39, 0.29) is 6.10 Å². The van der Waals surface area contributed by atoms with Crippen molar-refractivity contribution in [2.24, 2.45) is 11.8 Å². The quantitative estimate of drug-likeness (QED) is 0.829. The Labute approximate surface area is 113 Å². The van der Waals surface area contributed by atoms with Crippen molar-refractivity contribution in [1.29, 1.82) is 0 Å². The first-order valence-corrected chi connectivity index (χ1v) is 8.07. The monoisotopic (exact) mass is 253 g/mol. The Balaban J connectivity index is 2.02. The molecule has 0 spiro atoms.